The van der Waals surface area contributed by atoms with E-state index in [9.17, 15) is 19.2 Å². The van der Waals surface area contributed by atoms with Gasteiger partial charge in [-0.1, -0.05) is 51.1 Å². The first kappa shape index (κ1) is 22.1. The molecule has 138 valence electrons. The third kappa shape index (κ3) is 9.09. The summed E-state index contributed by atoms with van der Waals surface area (Å²) in [5, 5.41) is 2.53. The van der Waals surface area contributed by atoms with Crippen LogP contribution in [0.15, 0.2) is 30.3 Å². The molecule has 0 saturated carbocycles. The monoisotopic (exact) mass is 352 g/mol. The lowest BCUT2D eigenvalue weighted by atomic mass is 10.2. The van der Waals surface area contributed by atoms with Gasteiger partial charge in [-0.25, -0.2) is 9.59 Å². The number of imide groups is 1. The van der Waals surface area contributed by atoms with E-state index in [2.05, 4.69) is 10.2 Å². The number of hydrogen-bond acceptors (Lipinski definition) is 6. The highest BCUT2D eigenvalue weighted by atomic mass is 16.7. The summed E-state index contributed by atoms with van der Waals surface area (Å²) < 4.78 is 4.89. The fourth-order valence-electron chi connectivity index (χ4n) is 1.49. The van der Waals surface area contributed by atoms with E-state index in [4.69, 9.17) is 4.74 Å². The van der Waals surface area contributed by atoms with Gasteiger partial charge in [-0.05, 0) is 5.56 Å². The van der Waals surface area contributed by atoms with E-state index in [-0.39, 0.29) is 13.0 Å². The molecule has 25 heavy (non-hydrogen) atoms. The van der Waals surface area contributed by atoms with Crippen LogP contribution in [-0.4, -0.2) is 35.5 Å². The van der Waals surface area contributed by atoms with Gasteiger partial charge in [0.25, 0.3) is 11.8 Å². The minimum absolute atomic E-state index is 0.000589. The highest BCUT2D eigenvalue weighted by molar-refractivity contribution is 5.94. The molecule has 0 atom stereocenters. The van der Waals surface area contributed by atoms with E-state index in [1.165, 1.54) is 6.92 Å². The molecule has 0 aliphatic carbocycles. The number of alkyl carbamates (subject to hydrolysis) is 1. The molecule has 0 radical (unpaired) electrons. The Kier molecular flexibility index (Phi) is 11.1. The van der Waals surface area contributed by atoms with Crippen LogP contribution in [0.5, 0.6) is 0 Å². The summed E-state index contributed by atoms with van der Waals surface area (Å²) in [6.45, 7) is 6.12. The number of carbonyl (C=O) groups is 4. The average Bonchev–Trinajstić information content (AvgIpc) is 2.64. The molecule has 0 heterocycles. The van der Waals surface area contributed by atoms with E-state index in [1.807, 2.05) is 19.9 Å². The summed E-state index contributed by atoms with van der Waals surface area (Å²) in [5.41, 5.74) is 0.793. The van der Waals surface area contributed by atoms with Crippen LogP contribution >= 0.6 is 0 Å². The molecule has 0 spiro atoms. The predicted octanol–water partition coefficient (Wildman–Crippen LogP) is 2.18. The lowest BCUT2D eigenvalue weighted by molar-refractivity contribution is -0.200. The number of benzene rings is 1. The lowest BCUT2D eigenvalue weighted by Gasteiger charge is -2.16. The Hall–Kier alpha value is -2.90. The number of hydroxylamine groups is 2. The fraction of sp³-hybridized carbons (Fsp3) is 0.412. The van der Waals surface area contributed by atoms with Crippen molar-refractivity contribution in [1.29, 1.82) is 0 Å². The second-order valence-electron chi connectivity index (χ2n) is 4.44. The molecule has 8 nitrogen and oxygen atoms in total. The number of ether oxygens (including phenoxy) is 1. The van der Waals surface area contributed by atoms with Crippen molar-refractivity contribution in [2.75, 3.05) is 6.54 Å². The summed E-state index contributed by atoms with van der Waals surface area (Å²) in [6, 6.07) is 8.99. The van der Waals surface area contributed by atoms with Crippen molar-refractivity contribution in [3.8, 4) is 0 Å². The molecule has 1 aromatic carbocycles. The van der Waals surface area contributed by atoms with Gasteiger partial charge in [0.15, 0.2) is 0 Å². The highest BCUT2D eigenvalue weighted by Crippen LogP contribution is 2.01. The van der Waals surface area contributed by atoms with Crippen LogP contribution in [0, 0.1) is 0 Å². The fourth-order valence-corrected chi connectivity index (χ4v) is 1.49. The van der Waals surface area contributed by atoms with Gasteiger partial charge in [-0.2, -0.15) is 0 Å². The molecule has 8 heteroatoms. The van der Waals surface area contributed by atoms with Crippen molar-refractivity contribution >= 4 is 23.9 Å². The standard InChI is InChI=1S/C15H18N2O6.C2H6/c1-3-13(19)17(11(2)18)23-14(20)9-16-15(21)22-10-12-7-5-4-6-8-12;1-2/h4-8H,3,9-10H2,1-2H3,(H,16,21);1-2H3. The topological polar surface area (TPSA) is 102 Å². The molecule has 0 bridgehead atoms. The molecule has 1 rings (SSSR count). The Morgan fingerprint density at radius 1 is 1.08 bits per heavy atom. The molecule has 1 aromatic rings. The summed E-state index contributed by atoms with van der Waals surface area (Å²) in [6.07, 6.45) is -0.818. The van der Waals surface area contributed by atoms with Gasteiger partial charge in [-0.15, -0.1) is 5.06 Å². The van der Waals surface area contributed by atoms with Gasteiger partial charge in [0, 0.05) is 13.3 Å². The number of amides is 3. The number of nitrogens with zero attached hydrogens (tertiary/aromatic N) is 1. The van der Waals surface area contributed by atoms with E-state index in [0.29, 0.717) is 5.06 Å². The smallest absolute Gasteiger partial charge is 0.407 e. The van der Waals surface area contributed by atoms with Gasteiger partial charge < -0.3 is 14.9 Å². The predicted molar refractivity (Wildman–Crippen MR) is 89.9 cm³/mol. The maximum Gasteiger partial charge on any atom is 0.407 e. The molecule has 0 aromatic heterocycles. The quantitative estimate of drug-likeness (QED) is 0.815. The molecule has 0 saturated heterocycles. The second kappa shape index (κ2) is 12.5. The van der Waals surface area contributed by atoms with Crippen molar-refractivity contribution in [2.24, 2.45) is 0 Å². The highest BCUT2D eigenvalue weighted by Gasteiger charge is 2.21. The number of nitrogens with one attached hydrogen (secondary N) is 1. The van der Waals surface area contributed by atoms with Crippen LogP contribution in [-0.2, 0) is 30.6 Å². The molecule has 3 amide bonds. The zero-order chi connectivity index (χ0) is 19.2. The Balaban J connectivity index is 0.00000277. The number of hydrogen-bond donors (Lipinski definition) is 1. The third-order valence-electron chi connectivity index (χ3n) is 2.60. The van der Waals surface area contributed by atoms with Crippen molar-refractivity contribution < 1.29 is 28.8 Å². The van der Waals surface area contributed by atoms with E-state index in [1.54, 1.807) is 24.3 Å². The van der Waals surface area contributed by atoms with Crippen LogP contribution in [0.25, 0.3) is 0 Å². The van der Waals surface area contributed by atoms with Crippen molar-refractivity contribution in [1.82, 2.24) is 10.4 Å². The summed E-state index contributed by atoms with van der Waals surface area (Å²) in [5.74, 6) is -2.34. The molecular weight excluding hydrogens is 328 g/mol. The zero-order valence-electron chi connectivity index (χ0n) is 14.9. The van der Waals surface area contributed by atoms with E-state index >= 15 is 0 Å². The molecule has 0 fully saturated rings. The van der Waals surface area contributed by atoms with Gasteiger partial charge >= 0.3 is 12.1 Å². The Bertz CT molecular complexity index is 574. The normalized spacial score (nSPS) is 9.12. The Morgan fingerprint density at radius 2 is 1.68 bits per heavy atom. The van der Waals surface area contributed by atoms with Gasteiger partial charge in [0.2, 0.25) is 0 Å². The maximum atomic E-state index is 11.5. The number of carbonyl (C=O) groups excluding carboxylic acids is 4. The van der Waals surface area contributed by atoms with Crippen LogP contribution in [0.3, 0.4) is 0 Å². The van der Waals surface area contributed by atoms with Crippen molar-refractivity contribution in [3.05, 3.63) is 35.9 Å². The maximum absolute atomic E-state index is 11.5. The molecule has 0 aliphatic rings. The minimum Gasteiger partial charge on any atom is -0.445 e. The summed E-state index contributed by atoms with van der Waals surface area (Å²) in [7, 11) is 0. The SMILES string of the molecule is CC.CCC(=O)N(OC(=O)CNC(=O)OCc1ccccc1)C(C)=O. The first-order valence-electron chi connectivity index (χ1n) is 7.93. The molecular formula is C17H24N2O6. The van der Waals surface area contributed by atoms with Gasteiger partial charge in [-0.3, -0.25) is 9.59 Å². The van der Waals surface area contributed by atoms with Crippen LogP contribution < -0.4 is 5.32 Å². The lowest BCUT2D eigenvalue weighted by Crippen LogP contribution is -2.40. The average molecular weight is 352 g/mol. The molecule has 0 unspecified atom stereocenters. The van der Waals surface area contributed by atoms with Crippen LogP contribution in [0.1, 0.15) is 39.7 Å². The second-order valence-corrected chi connectivity index (χ2v) is 4.44. The Morgan fingerprint density at radius 3 is 2.20 bits per heavy atom. The van der Waals surface area contributed by atoms with E-state index in [0.717, 1.165) is 12.5 Å². The van der Waals surface area contributed by atoms with Crippen LogP contribution in [0.2, 0.25) is 0 Å². The first-order chi connectivity index (χ1) is 11.9. The van der Waals surface area contributed by atoms with Crippen molar-refractivity contribution in [2.45, 2.75) is 40.7 Å². The van der Waals surface area contributed by atoms with Gasteiger partial charge in [0.05, 0.1) is 0 Å². The first-order valence-corrected chi connectivity index (χ1v) is 7.93. The largest absolute Gasteiger partial charge is 0.445 e. The molecule has 1 N–H and O–H groups in total. The van der Waals surface area contributed by atoms with Crippen molar-refractivity contribution in [3.63, 3.8) is 0 Å². The Labute approximate surface area is 147 Å². The summed E-state index contributed by atoms with van der Waals surface area (Å²) in [4.78, 5) is 50.2. The minimum atomic E-state index is -0.960. The van der Waals surface area contributed by atoms with Crippen LogP contribution in [0.4, 0.5) is 4.79 Å². The molecule has 0 aliphatic heterocycles. The van der Waals surface area contributed by atoms with Gasteiger partial charge in [0.1, 0.15) is 13.2 Å². The summed E-state index contributed by atoms with van der Waals surface area (Å²) >= 11 is 0. The zero-order valence-corrected chi connectivity index (χ0v) is 14.9. The number of rotatable bonds is 5. The van der Waals surface area contributed by atoms with E-state index < -0.39 is 30.4 Å². The third-order valence-corrected chi connectivity index (χ3v) is 2.60.